The first-order valence-corrected chi connectivity index (χ1v) is 4.38. The van der Waals surface area contributed by atoms with Gasteiger partial charge in [0, 0.05) is 6.54 Å². The number of carbonyl (C=O) groups excluding carboxylic acids is 1. The Morgan fingerprint density at radius 2 is 1.93 bits per heavy atom. The fraction of sp³-hybridized carbons (Fsp3) is 0.0833. The first kappa shape index (κ1) is 10.3. The summed E-state index contributed by atoms with van der Waals surface area (Å²) in [5.74, 6) is -0.155. The molecule has 1 aromatic carbocycles. The molecule has 0 saturated carbocycles. The lowest BCUT2D eigenvalue weighted by atomic mass is 10.1. The van der Waals surface area contributed by atoms with Gasteiger partial charge in [0.25, 0.3) is 0 Å². The molecule has 0 unspecified atom stereocenters. The highest BCUT2D eigenvalue weighted by molar-refractivity contribution is 5.86. The highest BCUT2D eigenvalue weighted by Crippen LogP contribution is 2.04. The van der Waals surface area contributed by atoms with Gasteiger partial charge in [0.2, 0.25) is 5.91 Å². The second-order valence-corrected chi connectivity index (χ2v) is 2.87. The van der Waals surface area contributed by atoms with Gasteiger partial charge in [0.1, 0.15) is 0 Å². The lowest BCUT2D eigenvalue weighted by Crippen LogP contribution is -2.19. The number of hydrogen-bond acceptors (Lipinski definition) is 1. The molecule has 0 spiro atoms. The molecule has 0 atom stereocenters. The summed E-state index contributed by atoms with van der Waals surface area (Å²) in [5.41, 5.74) is 2.13. The van der Waals surface area contributed by atoms with Crippen molar-refractivity contribution in [3.63, 3.8) is 0 Å². The van der Waals surface area contributed by atoms with Crippen LogP contribution >= 0.6 is 0 Å². The minimum atomic E-state index is -0.155. The third-order valence-corrected chi connectivity index (χ3v) is 1.87. The summed E-state index contributed by atoms with van der Waals surface area (Å²) >= 11 is 0. The van der Waals surface area contributed by atoms with Crippen LogP contribution in [-0.4, -0.2) is 5.91 Å². The Kier molecular flexibility index (Phi) is 3.68. The standard InChI is InChI=1S/C12H13NO/c1-3-10-5-7-11(8-6-10)9-13-12(14)4-2/h3-8H,1-2,9H2,(H,13,14). The first-order valence-electron chi connectivity index (χ1n) is 4.38. The molecule has 0 radical (unpaired) electrons. The Labute approximate surface area is 84.0 Å². The molecule has 2 heteroatoms. The van der Waals surface area contributed by atoms with Gasteiger partial charge in [0.15, 0.2) is 0 Å². The third-order valence-electron chi connectivity index (χ3n) is 1.87. The van der Waals surface area contributed by atoms with Crippen molar-refractivity contribution in [3.8, 4) is 0 Å². The van der Waals surface area contributed by atoms with E-state index in [-0.39, 0.29) is 5.91 Å². The zero-order valence-electron chi connectivity index (χ0n) is 7.99. The summed E-state index contributed by atoms with van der Waals surface area (Å²) in [6, 6.07) is 7.84. The SMILES string of the molecule is C=CC(=O)NCc1ccc(C=C)cc1. The summed E-state index contributed by atoms with van der Waals surface area (Å²) in [4.78, 5) is 10.9. The molecule has 1 N–H and O–H groups in total. The lowest BCUT2D eigenvalue weighted by Gasteiger charge is -2.02. The monoisotopic (exact) mass is 187 g/mol. The molecule has 0 fully saturated rings. The fourth-order valence-electron chi connectivity index (χ4n) is 1.03. The van der Waals surface area contributed by atoms with E-state index in [0.29, 0.717) is 6.54 Å². The largest absolute Gasteiger partial charge is 0.348 e. The molecule has 0 aliphatic rings. The predicted octanol–water partition coefficient (Wildman–Crippen LogP) is 2.13. The second kappa shape index (κ2) is 5.02. The van der Waals surface area contributed by atoms with Gasteiger partial charge < -0.3 is 5.32 Å². The molecule has 1 aromatic rings. The number of rotatable bonds is 4. The van der Waals surface area contributed by atoms with Gasteiger partial charge >= 0.3 is 0 Å². The summed E-state index contributed by atoms with van der Waals surface area (Å²) < 4.78 is 0. The maximum absolute atomic E-state index is 10.9. The molecular weight excluding hydrogens is 174 g/mol. The minimum absolute atomic E-state index is 0.155. The summed E-state index contributed by atoms with van der Waals surface area (Å²) in [6.45, 7) is 7.57. The van der Waals surface area contributed by atoms with Crippen molar-refractivity contribution < 1.29 is 4.79 Å². The van der Waals surface area contributed by atoms with Crippen molar-refractivity contribution in [2.24, 2.45) is 0 Å². The van der Waals surface area contributed by atoms with Gasteiger partial charge in [0.05, 0.1) is 0 Å². The van der Waals surface area contributed by atoms with E-state index >= 15 is 0 Å². The Balaban J connectivity index is 2.55. The number of carbonyl (C=O) groups is 1. The zero-order chi connectivity index (χ0) is 10.4. The van der Waals surface area contributed by atoms with Crippen molar-refractivity contribution >= 4 is 12.0 Å². The van der Waals surface area contributed by atoms with Crippen LogP contribution in [0.25, 0.3) is 6.08 Å². The Bertz CT molecular complexity index is 338. The molecule has 1 rings (SSSR count). The van der Waals surface area contributed by atoms with E-state index in [4.69, 9.17) is 0 Å². The molecule has 0 saturated heterocycles. The van der Waals surface area contributed by atoms with Crippen molar-refractivity contribution in [2.45, 2.75) is 6.54 Å². The molecule has 0 bridgehead atoms. The number of benzene rings is 1. The smallest absolute Gasteiger partial charge is 0.243 e. The fourth-order valence-corrected chi connectivity index (χ4v) is 1.03. The van der Waals surface area contributed by atoms with E-state index in [0.717, 1.165) is 11.1 Å². The van der Waals surface area contributed by atoms with Crippen LogP contribution in [-0.2, 0) is 11.3 Å². The number of amides is 1. The minimum Gasteiger partial charge on any atom is -0.348 e. The number of nitrogens with one attached hydrogen (secondary N) is 1. The van der Waals surface area contributed by atoms with Crippen LogP contribution in [0.15, 0.2) is 43.5 Å². The van der Waals surface area contributed by atoms with Gasteiger partial charge in [-0.3, -0.25) is 4.79 Å². The van der Waals surface area contributed by atoms with E-state index in [9.17, 15) is 4.79 Å². The highest BCUT2D eigenvalue weighted by Gasteiger charge is 1.95. The van der Waals surface area contributed by atoms with Crippen LogP contribution in [0.5, 0.6) is 0 Å². The summed E-state index contributed by atoms with van der Waals surface area (Å²) in [5, 5.41) is 2.70. The van der Waals surface area contributed by atoms with Crippen molar-refractivity contribution in [2.75, 3.05) is 0 Å². The Hall–Kier alpha value is -1.83. The molecule has 1 amide bonds. The van der Waals surface area contributed by atoms with Crippen molar-refractivity contribution in [1.29, 1.82) is 0 Å². The van der Waals surface area contributed by atoms with E-state index < -0.39 is 0 Å². The normalized spacial score (nSPS) is 9.14. The molecule has 14 heavy (non-hydrogen) atoms. The van der Waals surface area contributed by atoms with Crippen molar-refractivity contribution in [3.05, 3.63) is 54.6 Å². The molecule has 0 heterocycles. The molecular formula is C12H13NO. The third kappa shape index (κ3) is 2.90. The van der Waals surface area contributed by atoms with Crippen LogP contribution in [0, 0.1) is 0 Å². The Morgan fingerprint density at radius 1 is 1.29 bits per heavy atom. The average molecular weight is 187 g/mol. The van der Waals surface area contributed by atoms with Crippen molar-refractivity contribution in [1.82, 2.24) is 5.32 Å². The van der Waals surface area contributed by atoms with Crippen LogP contribution in [0.3, 0.4) is 0 Å². The van der Waals surface area contributed by atoms with E-state index in [1.54, 1.807) is 6.08 Å². The number of hydrogen-bond donors (Lipinski definition) is 1. The molecule has 0 aromatic heterocycles. The molecule has 0 aliphatic carbocycles. The van der Waals surface area contributed by atoms with Crippen LogP contribution in [0.1, 0.15) is 11.1 Å². The second-order valence-electron chi connectivity index (χ2n) is 2.87. The van der Waals surface area contributed by atoms with Gasteiger partial charge in [-0.25, -0.2) is 0 Å². The Morgan fingerprint density at radius 3 is 2.43 bits per heavy atom. The summed E-state index contributed by atoms with van der Waals surface area (Å²) in [6.07, 6.45) is 3.05. The van der Waals surface area contributed by atoms with Gasteiger partial charge in [-0.2, -0.15) is 0 Å². The quantitative estimate of drug-likeness (QED) is 0.719. The van der Waals surface area contributed by atoms with Gasteiger partial charge in [-0.15, -0.1) is 0 Å². The first-order chi connectivity index (χ1) is 6.76. The van der Waals surface area contributed by atoms with Gasteiger partial charge in [-0.1, -0.05) is 43.5 Å². The summed E-state index contributed by atoms with van der Waals surface area (Å²) in [7, 11) is 0. The average Bonchev–Trinajstić information content (AvgIpc) is 2.26. The molecule has 0 aliphatic heterocycles. The van der Waals surface area contributed by atoms with E-state index in [1.807, 2.05) is 24.3 Å². The van der Waals surface area contributed by atoms with Crippen LogP contribution < -0.4 is 5.32 Å². The zero-order valence-corrected chi connectivity index (χ0v) is 7.99. The van der Waals surface area contributed by atoms with Crippen LogP contribution in [0.2, 0.25) is 0 Å². The van der Waals surface area contributed by atoms with E-state index in [2.05, 4.69) is 18.5 Å². The van der Waals surface area contributed by atoms with E-state index in [1.165, 1.54) is 6.08 Å². The van der Waals surface area contributed by atoms with Gasteiger partial charge in [-0.05, 0) is 17.2 Å². The maximum atomic E-state index is 10.9. The van der Waals surface area contributed by atoms with Crippen LogP contribution in [0.4, 0.5) is 0 Å². The molecule has 2 nitrogen and oxygen atoms in total. The predicted molar refractivity (Wildman–Crippen MR) is 58.6 cm³/mol. The highest BCUT2D eigenvalue weighted by atomic mass is 16.1. The molecule has 72 valence electrons. The maximum Gasteiger partial charge on any atom is 0.243 e. The topological polar surface area (TPSA) is 29.1 Å². The lowest BCUT2D eigenvalue weighted by molar-refractivity contribution is -0.116.